The molecule has 0 saturated heterocycles. The van der Waals surface area contributed by atoms with E-state index in [2.05, 4.69) is 10.3 Å². The third-order valence-electron chi connectivity index (χ3n) is 2.31. The van der Waals surface area contributed by atoms with Gasteiger partial charge in [0.25, 0.3) is 5.91 Å². The summed E-state index contributed by atoms with van der Waals surface area (Å²) in [6.07, 6.45) is 2.47. The molecule has 0 aliphatic carbocycles. The average molecular weight is 248 g/mol. The number of oxazole rings is 1. The van der Waals surface area contributed by atoms with E-state index in [1.54, 1.807) is 25.3 Å². The molecule has 0 atom stereocenters. The lowest BCUT2D eigenvalue weighted by Crippen LogP contribution is -2.12. The third-order valence-corrected chi connectivity index (χ3v) is 2.31. The van der Waals surface area contributed by atoms with Crippen LogP contribution in [-0.4, -0.2) is 25.1 Å². The second-order valence-electron chi connectivity index (χ2n) is 3.40. The zero-order valence-corrected chi connectivity index (χ0v) is 9.97. The minimum absolute atomic E-state index is 0.213. The van der Waals surface area contributed by atoms with Crippen molar-refractivity contribution in [3.05, 3.63) is 36.5 Å². The maximum Gasteiger partial charge on any atom is 0.277 e. The summed E-state index contributed by atoms with van der Waals surface area (Å²) < 4.78 is 15.0. The molecule has 0 aliphatic rings. The van der Waals surface area contributed by atoms with E-state index in [1.165, 1.54) is 19.8 Å². The molecule has 0 unspecified atom stereocenters. The van der Waals surface area contributed by atoms with Crippen molar-refractivity contribution in [2.45, 2.75) is 0 Å². The van der Waals surface area contributed by atoms with E-state index < -0.39 is 0 Å². The van der Waals surface area contributed by atoms with Crippen LogP contribution in [0.1, 0.15) is 10.5 Å². The van der Waals surface area contributed by atoms with Gasteiger partial charge in [-0.15, -0.1) is 0 Å². The highest BCUT2D eigenvalue weighted by atomic mass is 16.5. The van der Waals surface area contributed by atoms with E-state index in [0.29, 0.717) is 17.2 Å². The van der Waals surface area contributed by atoms with Crippen molar-refractivity contribution in [3.8, 4) is 11.5 Å². The number of hydrogen-bond donors (Lipinski definition) is 1. The van der Waals surface area contributed by atoms with Crippen molar-refractivity contribution in [2.24, 2.45) is 0 Å². The van der Waals surface area contributed by atoms with Crippen LogP contribution < -0.4 is 14.8 Å². The Morgan fingerprint density at radius 2 is 2.06 bits per heavy atom. The Morgan fingerprint density at radius 1 is 1.28 bits per heavy atom. The van der Waals surface area contributed by atoms with E-state index in [9.17, 15) is 4.79 Å². The van der Waals surface area contributed by atoms with Gasteiger partial charge in [-0.1, -0.05) is 0 Å². The minimum atomic E-state index is -0.351. The molecule has 0 radical (unpaired) electrons. The number of hydrogen-bond acceptors (Lipinski definition) is 5. The quantitative estimate of drug-likeness (QED) is 0.895. The van der Waals surface area contributed by atoms with Gasteiger partial charge in [-0.2, -0.15) is 0 Å². The van der Waals surface area contributed by atoms with E-state index in [0.717, 1.165) is 0 Å². The fourth-order valence-electron chi connectivity index (χ4n) is 1.43. The molecule has 0 fully saturated rings. The Bertz CT molecular complexity index is 537. The molecule has 1 heterocycles. The summed E-state index contributed by atoms with van der Waals surface area (Å²) in [6.45, 7) is 0. The number of ether oxygens (including phenoxy) is 2. The van der Waals surface area contributed by atoms with E-state index >= 15 is 0 Å². The van der Waals surface area contributed by atoms with Crippen LogP contribution in [0.15, 0.2) is 35.3 Å². The number of carbonyl (C=O) groups is 1. The molecular weight excluding hydrogens is 236 g/mol. The number of aromatic nitrogens is 1. The van der Waals surface area contributed by atoms with Crippen LogP contribution in [-0.2, 0) is 0 Å². The first-order valence-electron chi connectivity index (χ1n) is 5.16. The highest BCUT2D eigenvalue weighted by molar-refractivity contribution is 6.02. The highest BCUT2D eigenvalue weighted by Crippen LogP contribution is 2.29. The number of carbonyl (C=O) groups excluding carboxylic acids is 1. The lowest BCUT2D eigenvalue weighted by Gasteiger charge is -2.09. The molecular formula is C12H12N2O4. The van der Waals surface area contributed by atoms with Gasteiger partial charge in [0.15, 0.2) is 23.6 Å². The summed E-state index contributed by atoms with van der Waals surface area (Å²) in [7, 11) is 3.08. The highest BCUT2D eigenvalue weighted by Gasteiger charge is 2.11. The standard InChI is InChI=1S/C12H12N2O4/c1-16-10-4-3-8(5-11(10)17-2)14-12(15)9-6-18-7-13-9/h3-7H,1-2H3,(H,14,15). The number of anilines is 1. The lowest BCUT2D eigenvalue weighted by atomic mass is 10.2. The Kier molecular flexibility index (Phi) is 3.47. The largest absolute Gasteiger partial charge is 0.493 e. The average Bonchev–Trinajstić information content (AvgIpc) is 2.92. The number of nitrogens with zero attached hydrogens (tertiary/aromatic N) is 1. The van der Waals surface area contributed by atoms with Gasteiger partial charge in [-0.3, -0.25) is 4.79 Å². The molecule has 2 rings (SSSR count). The number of rotatable bonds is 4. The van der Waals surface area contributed by atoms with E-state index in [4.69, 9.17) is 13.9 Å². The minimum Gasteiger partial charge on any atom is -0.493 e. The number of nitrogens with one attached hydrogen (secondary N) is 1. The molecule has 2 aromatic rings. The van der Waals surface area contributed by atoms with Crippen LogP contribution in [0.4, 0.5) is 5.69 Å². The number of benzene rings is 1. The summed E-state index contributed by atoms with van der Waals surface area (Å²) in [6, 6.07) is 5.08. The normalized spacial score (nSPS) is 9.89. The lowest BCUT2D eigenvalue weighted by molar-refractivity contribution is 0.102. The van der Waals surface area contributed by atoms with Gasteiger partial charge in [-0.05, 0) is 12.1 Å². The smallest absolute Gasteiger partial charge is 0.277 e. The van der Waals surface area contributed by atoms with Crippen molar-refractivity contribution in [1.29, 1.82) is 0 Å². The zero-order valence-electron chi connectivity index (χ0n) is 9.97. The predicted molar refractivity (Wildman–Crippen MR) is 64.0 cm³/mol. The molecule has 6 nitrogen and oxygen atoms in total. The van der Waals surface area contributed by atoms with Crippen molar-refractivity contribution in [2.75, 3.05) is 19.5 Å². The topological polar surface area (TPSA) is 73.6 Å². The monoisotopic (exact) mass is 248 g/mol. The molecule has 0 spiro atoms. The first kappa shape index (κ1) is 12.0. The number of methoxy groups -OCH3 is 2. The molecule has 1 N–H and O–H groups in total. The summed E-state index contributed by atoms with van der Waals surface area (Å²) >= 11 is 0. The van der Waals surface area contributed by atoms with Gasteiger partial charge < -0.3 is 19.2 Å². The van der Waals surface area contributed by atoms with Crippen LogP contribution >= 0.6 is 0 Å². The zero-order chi connectivity index (χ0) is 13.0. The van der Waals surface area contributed by atoms with E-state index in [-0.39, 0.29) is 11.6 Å². The van der Waals surface area contributed by atoms with Gasteiger partial charge in [0, 0.05) is 11.8 Å². The molecule has 0 aliphatic heterocycles. The second-order valence-corrected chi connectivity index (χ2v) is 3.40. The molecule has 6 heteroatoms. The van der Waals surface area contributed by atoms with Gasteiger partial charge in [-0.25, -0.2) is 4.98 Å². The Morgan fingerprint density at radius 3 is 2.67 bits per heavy atom. The Balaban J connectivity index is 2.17. The van der Waals surface area contributed by atoms with Crippen molar-refractivity contribution in [3.63, 3.8) is 0 Å². The van der Waals surface area contributed by atoms with Crippen molar-refractivity contribution >= 4 is 11.6 Å². The molecule has 1 aromatic carbocycles. The fourth-order valence-corrected chi connectivity index (χ4v) is 1.43. The maximum atomic E-state index is 11.7. The summed E-state index contributed by atoms with van der Waals surface area (Å²) in [4.78, 5) is 15.5. The molecule has 94 valence electrons. The van der Waals surface area contributed by atoms with Crippen LogP contribution in [0, 0.1) is 0 Å². The molecule has 1 aromatic heterocycles. The van der Waals surface area contributed by atoms with Gasteiger partial charge >= 0.3 is 0 Å². The van der Waals surface area contributed by atoms with Gasteiger partial charge in [0.05, 0.1) is 14.2 Å². The maximum absolute atomic E-state index is 11.7. The van der Waals surface area contributed by atoms with E-state index in [1.807, 2.05) is 0 Å². The molecule has 0 saturated carbocycles. The first-order valence-corrected chi connectivity index (χ1v) is 5.16. The second kappa shape index (κ2) is 5.22. The Hall–Kier alpha value is -2.50. The van der Waals surface area contributed by atoms with Crippen molar-refractivity contribution in [1.82, 2.24) is 4.98 Å². The summed E-state index contributed by atoms with van der Waals surface area (Å²) in [5.74, 6) is 0.781. The fraction of sp³-hybridized carbons (Fsp3) is 0.167. The SMILES string of the molecule is COc1ccc(NC(=O)c2cocn2)cc1OC. The summed E-state index contributed by atoms with van der Waals surface area (Å²) in [5, 5.41) is 2.67. The molecule has 0 bridgehead atoms. The third kappa shape index (κ3) is 2.42. The summed E-state index contributed by atoms with van der Waals surface area (Å²) in [5.41, 5.74) is 0.797. The first-order chi connectivity index (χ1) is 8.74. The Labute approximate surface area is 104 Å². The molecule has 18 heavy (non-hydrogen) atoms. The van der Waals surface area contributed by atoms with Crippen LogP contribution in [0.5, 0.6) is 11.5 Å². The number of amides is 1. The van der Waals surface area contributed by atoms with Crippen LogP contribution in [0.25, 0.3) is 0 Å². The van der Waals surface area contributed by atoms with Crippen LogP contribution in [0.3, 0.4) is 0 Å². The van der Waals surface area contributed by atoms with Gasteiger partial charge in [0.1, 0.15) is 6.26 Å². The van der Waals surface area contributed by atoms with Gasteiger partial charge in [0.2, 0.25) is 0 Å². The van der Waals surface area contributed by atoms with Crippen LogP contribution in [0.2, 0.25) is 0 Å². The predicted octanol–water partition coefficient (Wildman–Crippen LogP) is 1.94. The molecule has 1 amide bonds. The van der Waals surface area contributed by atoms with Crippen molar-refractivity contribution < 1.29 is 18.7 Å².